The maximum Gasteiger partial charge on any atom is 0.0221 e. The van der Waals surface area contributed by atoms with Gasteiger partial charge in [-0.25, -0.2) is 0 Å². The fourth-order valence-electron chi connectivity index (χ4n) is 2.30. The van der Waals surface area contributed by atoms with Crippen molar-refractivity contribution < 1.29 is 0 Å². The van der Waals surface area contributed by atoms with E-state index in [9.17, 15) is 0 Å². The lowest BCUT2D eigenvalue weighted by Gasteiger charge is -2.36. The molecule has 1 unspecified atom stereocenters. The summed E-state index contributed by atoms with van der Waals surface area (Å²) in [5, 5.41) is 3.66. The van der Waals surface area contributed by atoms with Gasteiger partial charge in [0.05, 0.1) is 0 Å². The van der Waals surface area contributed by atoms with Gasteiger partial charge in [0.1, 0.15) is 0 Å². The molecule has 0 bridgehead atoms. The van der Waals surface area contributed by atoms with Crippen molar-refractivity contribution in [3.63, 3.8) is 0 Å². The molecule has 17 heavy (non-hydrogen) atoms. The molecule has 1 N–H and O–H groups in total. The Morgan fingerprint density at radius 3 is 2.18 bits per heavy atom. The maximum atomic E-state index is 3.66. The monoisotopic (exact) mass is 240 g/mol. The molecule has 0 spiro atoms. The minimum absolute atomic E-state index is 0.232. The van der Waals surface area contributed by atoms with Gasteiger partial charge in [-0.15, -0.1) is 0 Å². The summed E-state index contributed by atoms with van der Waals surface area (Å²) in [4.78, 5) is 2.70. The minimum Gasteiger partial charge on any atom is -0.311 e. The van der Waals surface area contributed by atoms with Gasteiger partial charge in [-0.05, 0) is 59.8 Å². The molecule has 1 fully saturated rings. The van der Waals surface area contributed by atoms with Crippen molar-refractivity contribution in [2.45, 2.75) is 78.4 Å². The summed E-state index contributed by atoms with van der Waals surface area (Å²) in [6.07, 6.45) is 4.15. The summed E-state index contributed by atoms with van der Waals surface area (Å²) in [5.41, 5.74) is 0.232. The zero-order valence-corrected chi connectivity index (χ0v) is 12.7. The molecule has 2 heteroatoms. The molecule has 102 valence electrons. The van der Waals surface area contributed by atoms with Gasteiger partial charge in [0.25, 0.3) is 0 Å². The lowest BCUT2D eigenvalue weighted by Crippen LogP contribution is -2.50. The first kappa shape index (κ1) is 15.0. The van der Waals surface area contributed by atoms with Crippen LogP contribution < -0.4 is 5.32 Å². The lowest BCUT2D eigenvalue weighted by atomic mass is 10.1. The van der Waals surface area contributed by atoms with Crippen LogP contribution in [-0.4, -0.2) is 35.6 Å². The van der Waals surface area contributed by atoms with E-state index in [0.717, 1.165) is 12.5 Å². The Hall–Kier alpha value is -0.0800. The average Bonchev–Trinajstić information content (AvgIpc) is 2.98. The Bertz CT molecular complexity index is 213. The lowest BCUT2D eigenvalue weighted by molar-refractivity contribution is 0.133. The van der Waals surface area contributed by atoms with Crippen molar-refractivity contribution in [2.24, 2.45) is 5.92 Å². The zero-order valence-electron chi connectivity index (χ0n) is 12.7. The highest BCUT2D eigenvalue weighted by molar-refractivity contribution is 4.85. The molecule has 1 atom stereocenters. The topological polar surface area (TPSA) is 15.3 Å². The van der Waals surface area contributed by atoms with Crippen LogP contribution in [0.25, 0.3) is 0 Å². The molecule has 0 aromatic rings. The van der Waals surface area contributed by atoms with Gasteiger partial charge in [0.2, 0.25) is 0 Å². The smallest absolute Gasteiger partial charge is 0.0221 e. The molecule has 0 radical (unpaired) electrons. The first-order chi connectivity index (χ1) is 7.83. The van der Waals surface area contributed by atoms with Crippen LogP contribution in [-0.2, 0) is 0 Å². The van der Waals surface area contributed by atoms with Crippen LogP contribution in [0.4, 0.5) is 0 Å². The molecular formula is C15H32N2. The molecule has 1 aliphatic carbocycles. The third-order valence-electron chi connectivity index (χ3n) is 3.64. The van der Waals surface area contributed by atoms with Gasteiger partial charge in [-0.3, -0.25) is 4.90 Å². The predicted molar refractivity (Wildman–Crippen MR) is 76.4 cm³/mol. The summed E-state index contributed by atoms with van der Waals surface area (Å²) >= 11 is 0. The Morgan fingerprint density at radius 1 is 1.24 bits per heavy atom. The molecule has 2 nitrogen and oxygen atoms in total. The first-order valence-electron chi connectivity index (χ1n) is 7.34. The fourth-order valence-corrected chi connectivity index (χ4v) is 2.30. The Morgan fingerprint density at radius 2 is 1.82 bits per heavy atom. The summed E-state index contributed by atoms with van der Waals surface area (Å²) < 4.78 is 0. The Balaban J connectivity index is 2.48. The normalized spacial score (nSPS) is 19.1. The first-order valence-corrected chi connectivity index (χ1v) is 7.34. The van der Waals surface area contributed by atoms with Crippen molar-refractivity contribution in [1.82, 2.24) is 10.2 Å². The fraction of sp³-hybridized carbons (Fsp3) is 1.00. The van der Waals surface area contributed by atoms with Gasteiger partial charge < -0.3 is 5.32 Å². The molecule has 0 aromatic heterocycles. The van der Waals surface area contributed by atoms with E-state index in [2.05, 4.69) is 51.8 Å². The van der Waals surface area contributed by atoms with Crippen LogP contribution in [0.15, 0.2) is 0 Å². The van der Waals surface area contributed by atoms with Crippen molar-refractivity contribution >= 4 is 0 Å². The third-order valence-corrected chi connectivity index (χ3v) is 3.64. The van der Waals surface area contributed by atoms with Crippen LogP contribution in [0, 0.1) is 5.92 Å². The van der Waals surface area contributed by atoms with Crippen molar-refractivity contribution in [2.75, 3.05) is 13.1 Å². The quantitative estimate of drug-likeness (QED) is 0.735. The second kappa shape index (κ2) is 6.19. The average molecular weight is 240 g/mol. The van der Waals surface area contributed by atoms with E-state index in [-0.39, 0.29) is 5.54 Å². The van der Waals surface area contributed by atoms with Crippen LogP contribution in [0.2, 0.25) is 0 Å². The number of hydrogen-bond acceptors (Lipinski definition) is 2. The van der Waals surface area contributed by atoms with Crippen LogP contribution in [0.3, 0.4) is 0 Å². The van der Waals surface area contributed by atoms with E-state index < -0.39 is 0 Å². The van der Waals surface area contributed by atoms with Gasteiger partial charge in [-0.1, -0.05) is 6.92 Å². The summed E-state index contributed by atoms with van der Waals surface area (Å²) in [6, 6.07) is 1.36. The number of nitrogens with zero attached hydrogens (tertiary/aromatic N) is 1. The largest absolute Gasteiger partial charge is 0.311 e. The van der Waals surface area contributed by atoms with Crippen molar-refractivity contribution in [1.29, 1.82) is 0 Å². The molecule has 1 rings (SSSR count). The van der Waals surface area contributed by atoms with Crippen molar-refractivity contribution in [3.05, 3.63) is 0 Å². The Kier molecular flexibility index (Phi) is 5.46. The zero-order chi connectivity index (χ0) is 13.1. The second-order valence-electron chi connectivity index (χ2n) is 6.93. The molecule has 1 saturated carbocycles. The van der Waals surface area contributed by atoms with Gasteiger partial charge in [-0.2, -0.15) is 0 Å². The second-order valence-corrected chi connectivity index (χ2v) is 6.93. The Labute approximate surface area is 108 Å². The minimum atomic E-state index is 0.232. The molecule has 0 saturated heterocycles. The summed E-state index contributed by atoms with van der Waals surface area (Å²) in [5.74, 6) is 0.987. The van der Waals surface area contributed by atoms with Gasteiger partial charge >= 0.3 is 0 Å². The molecule has 0 heterocycles. The van der Waals surface area contributed by atoms with Crippen LogP contribution in [0.5, 0.6) is 0 Å². The van der Waals surface area contributed by atoms with E-state index >= 15 is 0 Å². The highest BCUT2D eigenvalue weighted by Crippen LogP contribution is 2.31. The molecular weight excluding hydrogens is 208 g/mol. The molecule has 0 amide bonds. The number of hydrogen-bond donors (Lipinski definition) is 1. The highest BCUT2D eigenvalue weighted by Gasteiger charge is 2.29. The van der Waals surface area contributed by atoms with Crippen LogP contribution >= 0.6 is 0 Å². The van der Waals surface area contributed by atoms with E-state index in [1.807, 2.05) is 0 Å². The van der Waals surface area contributed by atoms with E-state index in [1.54, 1.807) is 0 Å². The van der Waals surface area contributed by atoms with Gasteiger partial charge in [0.15, 0.2) is 0 Å². The summed E-state index contributed by atoms with van der Waals surface area (Å²) in [7, 11) is 0. The summed E-state index contributed by atoms with van der Waals surface area (Å²) in [6.45, 7) is 16.2. The maximum absolute atomic E-state index is 3.66. The van der Waals surface area contributed by atoms with E-state index in [4.69, 9.17) is 0 Å². The van der Waals surface area contributed by atoms with E-state index in [1.165, 1.54) is 25.8 Å². The SMILES string of the molecule is CCC(CNC(C)(C)C)N(CC1CC1)C(C)C. The third kappa shape index (κ3) is 5.87. The number of rotatable bonds is 7. The van der Waals surface area contributed by atoms with Crippen LogP contribution in [0.1, 0.15) is 60.8 Å². The van der Waals surface area contributed by atoms with Gasteiger partial charge in [0, 0.05) is 30.7 Å². The molecule has 1 aliphatic rings. The molecule has 0 aliphatic heterocycles. The highest BCUT2D eigenvalue weighted by atomic mass is 15.2. The number of nitrogens with one attached hydrogen (secondary N) is 1. The standard InChI is InChI=1S/C15H32N2/c1-7-14(10-16-15(4,5)6)17(12(2)3)11-13-8-9-13/h12-14,16H,7-11H2,1-6H3. The predicted octanol–water partition coefficient (Wildman–Crippen LogP) is 3.27. The van der Waals surface area contributed by atoms with E-state index in [0.29, 0.717) is 12.1 Å². The molecule has 0 aromatic carbocycles. The van der Waals surface area contributed by atoms with Crippen molar-refractivity contribution in [3.8, 4) is 0 Å².